The third-order valence-electron chi connectivity index (χ3n) is 3.25. The van der Waals surface area contributed by atoms with Gasteiger partial charge in [-0.25, -0.2) is 4.98 Å². The molecule has 1 aliphatic heterocycles. The molecule has 6 nitrogen and oxygen atoms in total. The fourth-order valence-electron chi connectivity index (χ4n) is 2.21. The van der Waals surface area contributed by atoms with E-state index in [-0.39, 0.29) is 6.10 Å². The summed E-state index contributed by atoms with van der Waals surface area (Å²) in [4.78, 5) is 10.5. The Balaban J connectivity index is 2.18. The van der Waals surface area contributed by atoms with Gasteiger partial charge in [0.25, 0.3) is 0 Å². The summed E-state index contributed by atoms with van der Waals surface area (Å²) < 4.78 is 11.0. The van der Waals surface area contributed by atoms with Gasteiger partial charge < -0.3 is 20.1 Å². The lowest BCUT2D eigenvalue weighted by atomic mass is 10.1. The number of nitrogens with zero attached hydrogens (tertiary/aromatic N) is 3. The van der Waals surface area contributed by atoms with Gasteiger partial charge >= 0.3 is 0 Å². The Morgan fingerprint density at radius 1 is 1.37 bits per heavy atom. The van der Waals surface area contributed by atoms with Crippen LogP contribution in [0.5, 0.6) is 5.88 Å². The topological polar surface area (TPSA) is 73.5 Å². The summed E-state index contributed by atoms with van der Waals surface area (Å²) in [6.07, 6.45) is 3.51. The van der Waals surface area contributed by atoms with E-state index in [2.05, 4.69) is 14.9 Å². The summed E-state index contributed by atoms with van der Waals surface area (Å²) in [6.45, 7) is 5.47. The van der Waals surface area contributed by atoms with E-state index < -0.39 is 0 Å². The average molecular weight is 266 g/mol. The van der Waals surface area contributed by atoms with Crippen molar-refractivity contribution in [3.8, 4) is 5.88 Å². The summed E-state index contributed by atoms with van der Waals surface area (Å²) in [5.74, 6) is 1.19. The Hall–Kier alpha value is -1.56. The number of nitrogen functional groups attached to an aromatic ring is 1. The SMILES string of the molecule is CC(C)Oc1ncnc(N(C)C2CCOCC2)c1N. The van der Waals surface area contributed by atoms with Crippen LogP contribution in [0.15, 0.2) is 6.33 Å². The van der Waals surface area contributed by atoms with Crippen molar-refractivity contribution in [2.24, 2.45) is 0 Å². The van der Waals surface area contributed by atoms with E-state index in [1.807, 2.05) is 20.9 Å². The minimum absolute atomic E-state index is 0.0402. The quantitative estimate of drug-likeness (QED) is 0.889. The number of rotatable bonds is 4. The van der Waals surface area contributed by atoms with Gasteiger partial charge in [-0.1, -0.05) is 0 Å². The lowest BCUT2D eigenvalue weighted by Gasteiger charge is -2.32. The van der Waals surface area contributed by atoms with Crippen LogP contribution in [-0.2, 0) is 4.74 Å². The maximum Gasteiger partial charge on any atom is 0.242 e. The van der Waals surface area contributed by atoms with E-state index in [0.29, 0.717) is 17.6 Å². The van der Waals surface area contributed by atoms with Gasteiger partial charge in [0.05, 0.1) is 6.10 Å². The molecule has 6 heteroatoms. The minimum Gasteiger partial charge on any atom is -0.473 e. The van der Waals surface area contributed by atoms with Crippen molar-refractivity contribution < 1.29 is 9.47 Å². The lowest BCUT2D eigenvalue weighted by molar-refractivity contribution is 0.0853. The van der Waals surface area contributed by atoms with E-state index in [1.165, 1.54) is 6.33 Å². The molecule has 2 heterocycles. The molecular formula is C13H22N4O2. The first-order chi connectivity index (χ1) is 9.09. The Labute approximate surface area is 113 Å². The molecule has 1 aliphatic rings. The molecule has 0 unspecified atom stereocenters. The minimum atomic E-state index is 0.0402. The van der Waals surface area contributed by atoms with Gasteiger partial charge in [-0.3, -0.25) is 0 Å². The predicted octanol–water partition coefficient (Wildman–Crippen LogP) is 1.46. The molecule has 0 spiro atoms. The van der Waals surface area contributed by atoms with Crippen molar-refractivity contribution in [2.45, 2.75) is 38.8 Å². The van der Waals surface area contributed by atoms with Crippen molar-refractivity contribution in [1.29, 1.82) is 0 Å². The second-order valence-corrected chi connectivity index (χ2v) is 5.04. The van der Waals surface area contributed by atoms with Crippen LogP contribution in [-0.4, -0.2) is 42.4 Å². The molecule has 106 valence electrons. The molecule has 1 aromatic heterocycles. The molecule has 0 aromatic carbocycles. The van der Waals surface area contributed by atoms with Crippen LogP contribution < -0.4 is 15.4 Å². The molecule has 1 saturated heterocycles. The summed E-state index contributed by atoms with van der Waals surface area (Å²) in [6, 6.07) is 0.401. The van der Waals surface area contributed by atoms with Crippen molar-refractivity contribution >= 4 is 11.5 Å². The maximum absolute atomic E-state index is 6.12. The second kappa shape index (κ2) is 6.06. The number of hydrogen-bond acceptors (Lipinski definition) is 6. The monoisotopic (exact) mass is 266 g/mol. The Morgan fingerprint density at radius 3 is 2.68 bits per heavy atom. The largest absolute Gasteiger partial charge is 0.473 e. The lowest BCUT2D eigenvalue weighted by Crippen LogP contribution is -2.37. The number of aromatic nitrogens is 2. The van der Waals surface area contributed by atoms with Gasteiger partial charge in [0.15, 0.2) is 5.82 Å². The van der Waals surface area contributed by atoms with E-state index in [1.54, 1.807) is 0 Å². The van der Waals surface area contributed by atoms with Crippen LogP contribution in [0.3, 0.4) is 0 Å². The fourth-order valence-corrected chi connectivity index (χ4v) is 2.21. The maximum atomic E-state index is 6.12. The number of anilines is 2. The van der Waals surface area contributed by atoms with Crippen molar-refractivity contribution in [3.63, 3.8) is 0 Å². The molecule has 0 aliphatic carbocycles. The molecule has 2 rings (SSSR count). The highest BCUT2D eigenvalue weighted by Gasteiger charge is 2.22. The summed E-state index contributed by atoms with van der Waals surface area (Å²) >= 11 is 0. The molecule has 0 atom stereocenters. The molecule has 0 bridgehead atoms. The zero-order valence-corrected chi connectivity index (χ0v) is 11.8. The Bertz CT molecular complexity index is 419. The zero-order valence-electron chi connectivity index (χ0n) is 11.8. The van der Waals surface area contributed by atoms with Crippen LogP contribution in [0.4, 0.5) is 11.5 Å². The normalized spacial score (nSPS) is 16.6. The van der Waals surface area contributed by atoms with Gasteiger partial charge in [0.2, 0.25) is 5.88 Å². The van der Waals surface area contributed by atoms with Crippen LogP contribution >= 0.6 is 0 Å². The summed E-state index contributed by atoms with van der Waals surface area (Å²) in [7, 11) is 2.01. The first kappa shape index (κ1) is 13.9. The first-order valence-corrected chi connectivity index (χ1v) is 6.67. The van der Waals surface area contributed by atoms with Gasteiger partial charge in [-0.05, 0) is 26.7 Å². The molecule has 1 fully saturated rings. The third kappa shape index (κ3) is 3.26. The average Bonchev–Trinajstić information content (AvgIpc) is 2.41. The molecular weight excluding hydrogens is 244 g/mol. The number of nitrogens with two attached hydrogens (primary N) is 1. The van der Waals surface area contributed by atoms with Gasteiger partial charge in [-0.15, -0.1) is 0 Å². The van der Waals surface area contributed by atoms with E-state index in [9.17, 15) is 0 Å². The highest BCUT2D eigenvalue weighted by molar-refractivity contribution is 5.67. The molecule has 1 aromatic rings. The number of hydrogen-bond donors (Lipinski definition) is 1. The third-order valence-corrected chi connectivity index (χ3v) is 3.25. The fraction of sp³-hybridized carbons (Fsp3) is 0.692. The molecule has 2 N–H and O–H groups in total. The van der Waals surface area contributed by atoms with Crippen LogP contribution in [0.2, 0.25) is 0 Å². The number of ether oxygens (including phenoxy) is 2. The van der Waals surface area contributed by atoms with Gasteiger partial charge in [0.1, 0.15) is 12.0 Å². The Morgan fingerprint density at radius 2 is 2.05 bits per heavy atom. The first-order valence-electron chi connectivity index (χ1n) is 6.67. The van der Waals surface area contributed by atoms with Crippen molar-refractivity contribution in [2.75, 3.05) is 30.9 Å². The van der Waals surface area contributed by atoms with Crippen LogP contribution in [0.1, 0.15) is 26.7 Å². The van der Waals surface area contributed by atoms with E-state index in [4.69, 9.17) is 15.2 Å². The highest BCUT2D eigenvalue weighted by atomic mass is 16.5. The van der Waals surface area contributed by atoms with Crippen LogP contribution in [0, 0.1) is 0 Å². The smallest absolute Gasteiger partial charge is 0.242 e. The zero-order chi connectivity index (χ0) is 13.8. The summed E-state index contributed by atoms with van der Waals surface area (Å²) in [5.41, 5.74) is 6.62. The van der Waals surface area contributed by atoms with Gasteiger partial charge in [-0.2, -0.15) is 4.98 Å². The Kier molecular flexibility index (Phi) is 4.42. The molecule has 0 amide bonds. The van der Waals surface area contributed by atoms with Crippen molar-refractivity contribution in [1.82, 2.24) is 9.97 Å². The summed E-state index contributed by atoms with van der Waals surface area (Å²) in [5, 5.41) is 0. The van der Waals surface area contributed by atoms with Crippen molar-refractivity contribution in [3.05, 3.63) is 6.33 Å². The molecule has 0 saturated carbocycles. The second-order valence-electron chi connectivity index (χ2n) is 5.04. The highest BCUT2D eigenvalue weighted by Crippen LogP contribution is 2.30. The van der Waals surface area contributed by atoms with Gasteiger partial charge in [0, 0.05) is 26.3 Å². The molecule has 0 radical (unpaired) electrons. The van der Waals surface area contributed by atoms with Crippen LogP contribution in [0.25, 0.3) is 0 Å². The van der Waals surface area contributed by atoms with E-state index in [0.717, 1.165) is 31.9 Å². The molecule has 19 heavy (non-hydrogen) atoms. The predicted molar refractivity (Wildman–Crippen MR) is 74.5 cm³/mol. The standard InChI is InChI=1S/C13H22N4O2/c1-9(2)19-13-11(14)12(15-8-16-13)17(3)10-4-6-18-7-5-10/h8-10H,4-7,14H2,1-3H3. The van der Waals surface area contributed by atoms with E-state index >= 15 is 0 Å².